The topological polar surface area (TPSA) is 82.8 Å². The van der Waals surface area contributed by atoms with E-state index in [1.54, 1.807) is 0 Å². The Morgan fingerprint density at radius 3 is 2.58 bits per heavy atom. The molecule has 0 aliphatic heterocycles. The molecule has 0 saturated carbocycles. The second-order valence-corrected chi connectivity index (χ2v) is 6.93. The van der Waals surface area contributed by atoms with Gasteiger partial charge in [0.15, 0.2) is 9.84 Å². The van der Waals surface area contributed by atoms with Crippen LogP contribution in [-0.2, 0) is 22.6 Å². The molecule has 0 radical (unpaired) electrons. The molecule has 0 atom stereocenters. The van der Waals surface area contributed by atoms with Gasteiger partial charge in [-0.25, -0.2) is 8.42 Å². The van der Waals surface area contributed by atoms with E-state index in [9.17, 15) is 21.6 Å². The summed E-state index contributed by atoms with van der Waals surface area (Å²) in [6, 6.07) is 7.42. The summed E-state index contributed by atoms with van der Waals surface area (Å²) in [5, 5.41) is 11.7. The average molecular weight is 355 g/mol. The number of hydrogen-bond donors (Lipinski definition) is 1. The van der Waals surface area contributed by atoms with Gasteiger partial charge in [0.1, 0.15) is 0 Å². The van der Waals surface area contributed by atoms with Crippen molar-refractivity contribution in [3.63, 3.8) is 0 Å². The lowest BCUT2D eigenvalue weighted by Crippen LogP contribution is -2.10. The van der Waals surface area contributed by atoms with E-state index in [1.807, 2.05) is 0 Å². The van der Waals surface area contributed by atoms with Crippen molar-refractivity contribution in [2.45, 2.75) is 17.6 Å². The Morgan fingerprint density at radius 2 is 2.00 bits per heavy atom. The van der Waals surface area contributed by atoms with Crippen LogP contribution in [0.5, 0.6) is 0 Å². The summed E-state index contributed by atoms with van der Waals surface area (Å²) in [6.45, 7) is -0.0144. The highest BCUT2D eigenvalue weighted by Crippen LogP contribution is 2.33. The number of nitrogens with zero attached hydrogens (tertiary/aromatic N) is 2. The third kappa shape index (κ3) is 4.02. The van der Waals surface area contributed by atoms with Gasteiger partial charge in [-0.3, -0.25) is 4.98 Å². The molecular weight excluding hydrogens is 343 g/mol. The maximum absolute atomic E-state index is 12.8. The molecule has 0 bridgehead atoms. The van der Waals surface area contributed by atoms with Crippen molar-refractivity contribution in [1.29, 1.82) is 5.26 Å². The van der Waals surface area contributed by atoms with E-state index in [-0.39, 0.29) is 22.8 Å². The van der Waals surface area contributed by atoms with Crippen LogP contribution in [0, 0.1) is 11.3 Å². The summed E-state index contributed by atoms with van der Waals surface area (Å²) in [7, 11) is -3.48. The first kappa shape index (κ1) is 17.7. The first-order valence-corrected chi connectivity index (χ1v) is 8.51. The molecule has 0 saturated heterocycles. The van der Waals surface area contributed by atoms with Gasteiger partial charge in [-0.15, -0.1) is 0 Å². The summed E-state index contributed by atoms with van der Waals surface area (Å²) in [4.78, 5) is 4.01. The minimum atomic E-state index is -4.62. The van der Waals surface area contributed by atoms with Gasteiger partial charge < -0.3 is 5.32 Å². The summed E-state index contributed by atoms with van der Waals surface area (Å²) < 4.78 is 61.6. The van der Waals surface area contributed by atoms with Crippen molar-refractivity contribution in [3.8, 4) is 6.07 Å². The minimum Gasteiger partial charge on any atom is -0.379 e. The SMILES string of the molecule is CS(=O)(=O)c1cccnc1CNc1ccc(C(F)(F)F)c(C#N)c1. The fourth-order valence-electron chi connectivity index (χ4n) is 2.07. The normalized spacial score (nSPS) is 11.8. The van der Waals surface area contributed by atoms with Crippen molar-refractivity contribution >= 4 is 15.5 Å². The van der Waals surface area contributed by atoms with Gasteiger partial charge in [0, 0.05) is 18.1 Å². The monoisotopic (exact) mass is 355 g/mol. The number of benzene rings is 1. The number of hydrogen-bond acceptors (Lipinski definition) is 5. The number of pyridine rings is 1. The highest BCUT2D eigenvalue weighted by molar-refractivity contribution is 7.90. The zero-order valence-electron chi connectivity index (χ0n) is 12.4. The number of alkyl halides is 3. The van der Waals surface area contributed by atoms with E-state index in [4.69, 9.17) is 5.26 Å². The van der Waals surface area contributed by atoms with Crippen LogP contribution in [-0.4, -0.2) is 19.7 Å². The molecule has 24 heavy (non-hydrogen) atoms. The van der Waals surface area contributed by atoms with E-state index in [2.05, 4.69) is 10.3 Å². The minimum absolute atomic E-state index is 0.0144. The molecule has 0 aliphatic carbocycles. The van der Waals surface area contributed by atoms with Gasteiger partial charge in [0.2, 0.25) is 0 Å². The number of halogens is 3. The maximum Gasteiger partial charge on any atom is 0.417 e. The highest BCUT2D eigenvalue weighted by atomic mass is 32.2. The van der Waals surface area contributed by atoms with Crippen LogP contribution in [0.1, 0.15) is 16.8 Å². The number of nitriles is 1. The highest BCUT2D eigenvalue weighted by Gasteiger charge is 2.33. The molecule has 2 aromatic rings. The fraction of sp³-hybridized carbons (Fsp3) is 0.200. The number of nitrogens with one attached hydrogen (secondary N) is 1. The largest absolute Gasteiger partial charge is 0.417 e. The van der Waals surface area contributed by atoms with Crippen molar-refractivity contribution in [2.75, 3.05) is 11.6 Å². The van der Waals surface area contributed by atoms with Gasteiger partial charge in [0.05, 0.1) is 34.3 Å². The van der Waals surface area contributed by atoms with Crippen LogP contribution in [0.15, 0.2) is 41.4 Å². The number of aromatic nitrogens is 1. The molecule has 1 aromatic carbocycles. The van der Waals surface area contributed by atoms with E-state index < -0.39 is 27.1 Å². The molecule has 0 aliphatic rings. The molecule has 5 nitrogen and oxygen atoms in total. The van der Waals surface area contributed by atoms with Gasteiger partial charge in [-0.05, 0) is 30.3 Å². The van der Waals surface area contributed by atoms with Gasteiger partial charge in [-0.2, -0.15) is 18.4 Å². The molecule has 1 aromatic heterocycles. The van der Waals surface area contributed by atoms with Crippen molar-refractivity contribution in [2.24, 2.45) is 0 Å². The lowest BCUT2D eigenvalue weighted by atomic mass is 10.1. The van der Waals surface area contributed by atoms with E-state index in [1.165, 1.54) is 30.5 Å². The van der Waals surface area contributed by atoms with Crippen LogP contribution in [0.3, 0.4) is 0 Å². The fourth-order valence-corrected chi connectivity index (χ4v) is 2.95. The maximum atomic E-state index is 12.8. The predicted octanol–water partition coefficient (Wildman–Crippen LogP) is 2.99. The predicted molar refractivity (Wildman–Crippen MR) is 80.8 cm³/mol. The lowest BCUT2D eigenvalue weighted by molar-refractivity contribution is -0.137. The molecule has 2 rings (SSSR count). The van der Waals surface area contributed by atoms with Crippen molar-refractivity contribution in [1.82, 2.24) is 4.98 Å². The summed E-state index contributed by atoms with van der Waals surface area (Å²) in [6.07, 6.45) is -2.16. The molecule has 0 amide bonds. The van der Waals surface area contributed by atoms with Crippen LogP contribution in [0.4, 0.5) is 18.9 Å². The molecule has 0 unspecified atom stereocenters. The second-order valence-electron chi connectivity index (χ2n) is 4.94. The molecule has 1 N–H and O–H groups in total. The summed E-state index contributed by atoms with van der Waals surface area (Å²) in [5.41, 5.74) is -1.05. The van der Waals surface area contributed by atoms with Gasteiger partial charge >= 0.3 is 6.18 Å². The number of rotatable bonds is 4. The molecular formula is C15H12F3N3O2S. The third-order valence-electron chi connectivity index (χ3n) is 3.15. The standard InChI is InChI=1S/C15H12F3N3O2S/c1-24(22,23)14-3-2-6-20-13(14)9-21-11-4-5-12(15(16,17)18)10(7-11)8-19/h2-7,21H,9H2,1H3. The quantitative estimate of drug-likeness (QED) is 0.912. The van der Waals surface area contributed by atoms with E-state index in [0.717, 1.165) is 18.4 Å². The third-order valence-corrected chi connectivity index (χ3v) is 4.32. The smallest absolute Gasteiger partial charge is 0.379 e. The van der Waals surface area contributed by atoms with Crippen LogP contribution < -0.4 is 5.32 Å². The number of anilines is 1. The zero-order valence-corrected chi connectivity index (χ0v) is 13.2. The number of sulfone groups is 1. The Morgan fingerprint density at radius 1 is 1.29 bits per heavy atom. The summed E-state index contributed by atoms with van der Waals surface area (Å²) >= 11 is 0. The van der Waals surface area contributed by atoms with Crippen LogP contribution >= 0.6 is 0 Å². The van der Waals surface area contributed by atoms with Crippen molar-refractivity contribution < 1.29 is 21.6 Å². The van der Waals surface area contributed by atoms with E-state index >= 15 is 0 Å². The van der Waals surface area contributed by atoms with E-state index in [0.29, 0.717) is 0 Å². The Hall–Kier alpha value is -2.60. The second kappa shape index (κ2) is 6.49. The van der Waals surface area contributed by atoms with Crippen molar-refractivity contribution in [3.05, 3.63) is 53.3 Å². The Balaban J connectivity index is 2.28. The Bertz CT molecular complexity index is 903. The average Bonchev–Trinajstić information content (AvgIpc) is 2.51. The Kier molecular flexibility index (Phi) is 4.80. The molecule has 126 valence electrons. The molecule has 9 heteroatoms. The zero-order chi connectivity index (χ0) is 18.0. The van der Waals surface area contributed by atoms with Crippen LogP contribution in [0.25, 0.3) is 0 Å². The summed E-state index contributed by atoms with van der Waals surface area (Å²) in [5.74, 6) is 0. The van der Waals surface area contributed by atoms with Crippen LogP contribution in [0.2, 0.25) is 0 Å². The Labute approximate surface area is 136 Å². The lowest BCUT2D eigenvalue weighted by Gasteiger charge is -2.12. The van der Waals surface area contributed by atoms with Gasteiger partial charge in [0.25, 0.3) is 0 Å². The molecule has 0 spiro atoms. The van der Waals surface area contributed by atoms with Gasteiger partial charge in [-0.1, -0.05) is 0 Å². The first-order valence-electron chi connectivity index (χ1n) is 6.62. The first-order chi connectivity index (χ1) is 11.1. The molecule has 0 fully saturated rings. The molecule has 1 heterocycles.